The van der Waals surface area contributed by atoms with Crippen molar-refractivity contribution in [1.29, 1.82) is 0 Å². The molecule has 0 spiro atoms. The van der Waals surface area contributed by atoms with Crippen molar-refractivity contribution in [2.45, 2.75) is 37.1 Å². The Morgan fingerprint density at radius 3 is 2.59 bits per heavy atom. The summed E-state index contributed by atoms with van der Waals surface area (Å²) in [4.78, 5) is 12.7. The molecule has 6 heteroatoms. The first-order valence-corrected chi connectivity index (χ1v) is 10.7. The maximum Gasteiger partial charge on any atom is 0.233 e. The summed E-state index contributed by atoms with van der Waals surface area (Å²) in [6.45, 7) is 6.71. The molecule has 5 nitrogen and oxygen atoms in total. The third kappa shape index (κ3) is 3.98. The summed E-state index contributed by atoms with van der Waals surface area (Å²) < 4.78 is 2.03. The van der Waals surface area contributed by atoms with Crippen LogP contribution >= 0.6 is 11.8 Å². The van der Waals surface area contributed by atoms with Gasteiger partial charge in [0.25, 0.3) is 0 Å². The van der Waals surface area contributed by atoms with Crippen LogP contribution in [0, 0.1) is 6.92 Å². The van der Waals surface area contributed by atoms with Crippen molar-refractivity contribution in [1.82, 2.24) is 19.9 Å². The lowest BCUT2D eigenvalue weighted by Crippen LogP contribution is -2.33. The normalized spacial score (nSPS) is 13.5. The standard InChI is InChI=1S/C23H24N4OS/c1-15-13-21-25-26-23(27(21)20-12-8-7-11-19(15)20)29-17(3)22(28)24-14-16(2)18-9-5-4-6-10-18/h4-13,16-17H,14H2,1-3H3,(H,24,28). The zero-order chi connectivity index (χ0) is 20.4. The summed E-state index contributed by atoms with van der Waals surface area (Å²) in [5.74, 6) is 0.268. The molecule has 0 saturated heterocycles. The molecule has 2 aromatic carbocycles. The molecule has 4 rings (SSSR count). The minimum Gasteiger partial charge on any atom is -0.355 e. The van der Waals surface area contributed by atoms with Crippen molar-refractivity contribution in [3.63, 3.8) is 0 Å². The van der Waals surface area contributed by atoms with Gasteiger partial charge in [-0.15, -0.1) is 10.2 Å². The van der Waals surface area contributed by atoms with Crippen LogP contribution in [0.4, 0.5) is 0 Å². The topological polar surface area (TPSA) is 59.3 Å². The van der Waals surface area contributed by atoms with Gasteiger partial charge < -0.3 is 5.32 Å². The predicted octanol–water partition coefficient (Wildman–Crippen LogP) is 4.59. The molecule has 0 saturated carbocycles. The molecule has 29 heavy (non-hydrogen) atoms. The number of thioether (sulfide) groups is 1. The Bertz CT molecular complexity index is 1160. The number of aryl methyl sites for hydroxylation is 1. The van der Waals surface area contributed by atoms with Crippen molar-refractivity contribution in [2.75, 3.05) is 6.54 Å². The zero-order valence-corrected chi connectivity index (χ0v) is 17.6. The fourth-order valence-electron chi connectivity index (χ4n) is 3.46. The van der Waals surface area contributed by atoms with Gasteiger partial charge in [-0.3, -0.25) is 9.20 Å². The summed E-state index contributed by atoms with van der Waals surface area (Å²) in [5.41, 5.74) is 4.24. The van der Waals surface area contributed by atoms with Crippen molar-refractivity contribution in [3.8, 4) is 0 Å². The summed E-state index contributed by atoms with van der Waals surface area (Å²) in [6, 6.07) is 20.5. The molecule has 2 aromatic heterocycles. The van der Waals surface area contributed by atoms with Gasteiger partial charge in [0.15, 0.2) is 10.8 Å². The molecule has 0 fully saturated rings. The number of carbonyl (C=O) groups is 1. The van der Waals surface area contributed by atoms with Gasteiger partial charge >= 0.3 is 0 Å². The fourth-order valence-corrected chi connectivity index (χ4v) is 4.35. The number of hydrogen-bond donors (Lipinski definition) is 1. The van der Waals surface area contributed by atoms with Crippen molar-refractivity contribution >= 4 is 34.2 Å². The number of rotatable bonds is 6. The molecule has 2 heterocycles. The lowest BCUT2D eigenvalue weighted by atomic mass is 10.0. The second-order valence-corrected chi connectivity index (χ2v) is 8.65. The number of fused-ring (bicyclic) bond motifs is 3. The van der Waals surface area contributed by atoms with Gasteiger partial charge in [-0.05, 0) is 43.0 Å². The first-order chi connectivity index (χ1) is 14.0. The highest BCUT2D eigenvalue weighted by atomic mass is 32.2. The van der Waals surface area contributed by atoms with Crippen LogP contribution in [0.15, 0.2) is 65.8 Å². The average Bonchev–Trinajstić information content (AvgIpc) is 3.15. The molecule has 0 aliphatic carbocycles. The van der Waals surface area contributed by atoms with Gasteiger partial charge in [0.2, 0.25) is 5.91 Å². The zero-order valence-electron chi connectivity index (χ0n) is 16.8. The van der Waals surface area contributed by atoms with E-state index in [1.165, 1.54) is 17.3 Å². The number of amides is 1. The quantitative estimate of drug-likeness (QED) is 0.478. The molecule has 4 aromatic rings. The lowest BCUT2D eigenvalue weighted by molar-refractivity contribution is -0.120. The molecule has 0 bridgehead atoms. The second-order valence-electron chi connectivity index (χ2n) is 7.34. The monoisotopic (exact) mass is 404 g/mol. The first-order valence-electron chi connectivity index (χ1n) is 9.77. The molecule has 0 aliphatic heterocycles. The highest BCUT2D eigenvalue weighted by Gasteiger charge is 2.20. The van der Waals surface area contributed by atoms with Crippen LogP contribution < -0.4 is 5.32 Å². The number of benzene rings is 2. The van der Waals surface area contributed by atoms with E-state index in [-0.39, 0.29) is 17.1 Å². The van der Waals surface area contributed by atoms with Gasteiger partial charge in [0, 0.05) is 11.9 Å². The number of nitrogens with one attached hydrogen (secondary N) is 1. The molecular formula is C23H24N4OS. The van der Waals surface area contributed by atoms with E-state index < -0.39 is 0 Å². The van der Waals surface area contributed by atoms with Gasteiger partial charge in [-0.25, -0.2) is 0 Å². The minimum atomic E-state index is -0.273. The molecule has 2 unspecified atom stereocenters. The van der Waals surface area contributed by atoms with E-state index in [2.05, 4.69) is 53.6 Å². The molecular weight excluding hydrogens is 380 g/mol. The van der Waals surface area contributed by atoms with Crippen LogP contribution in [0.2, 0.25) is 0 Å². The molecule has 0 radical (unpaired) electrons. The molecule has 0 aliphatic rings. The Hall–Kier alpha value is -2.86. The lowest BCUT2D eigenvalue weighted by Gasteiger charge is -2.16. The van der Waals surface area contributed by atoms with Crippen LogP contribution in [-0.2, 0) is 4.79 Å². The van der Waals surface area contributed by atoms with Crippen molar-refractivity contribution < 1.29 is 4.79 Å². The van der Waals surface area contributed by atoms with Crippen molar-refractivity contribution in [2.24, 2.45) is 0 Å². The van der Waals surface area contributed by atoms with Crippen LogP contribution in [0.25, 0.3) is 16.6 Å². The summed E-state index contributed by atoms with van der Waals surface area (Å²) in [6.07, 6.45) is 0. The SMILES string of the molecule is Cc1cc2nnc(SC(C)C(=O)NCC(C)c3ccccc3)n2c2ccccc12. The number of carbonyl (C=O) groups excluding carboxylic acids is 1. The summed E-state index contributed by atoms with van der Waals surface area (Å²) in [7, 11) is 0. The number of hydrogen-bond acceptors (Lipinski definition) is 4. The minimum absolute atomic E-state index is 0.00551. The molecule has 1 N–H and O–H groups in total. The van der Waals surface area contributed by atoms with E-state index >= 15 is 0 Å². The highest BCUT2D eigenvalue weighted by Crippen LogP contribution is 2.28. The Labute approximate surface area is 174 Å². The number of aromatic nitrogens is 3. The maximum atomic E-state index is 12.7. The van der Waals surface area contributed by atoms with Gasteiger partial charge in [-0.2, -0.15) is 0 Å². The van der Waals surface area contributed by atoms with Crippen LogP contribution in [0.3, 0.4) is 0 Å². The molecule has 2 atom stereocenters. The second kappa shape index (κ2) is 8.25. The van der Waals surface area contributed by atoms with E-state index in [4.69, 9.17) is 0 Å². The van der Waals surface area contributed by atoms with E-state index in [0.29, 0.717) is 6.54 Å². The fraction of sp³-hybridized carbons (Fsp3) is 0.261. The van der Waals surface area contributed by atoms with Gasteiger partial charge in [0.1, 0.15) is 0 Å². The van der Waals surface area contributed by atoms with E-state index in [1.54, 1.807) is 0 Å². The predicted molar refractivity (Wildman–Crippen MR) is 118 cm³/mol. The maximum absolute atomic E-state index is 12.7. The number of nitrogens with zero attached hydrogens (tertiary/aromatic N) is 3. The van der Waals surface area contributed by atoms with Crippen LogP contribution in [0.5, 0.6) is 0 Å². The van der Waals surface area contributed by atoms with Crippen LogP contribution in [0.1, 0.15) is 30.9 Å². The van der Waals surface area contributed by atoms with E-state index in [9.17, 15) is 4.79 Å². The number of para-hydroxylation sites is 1. The summed E-state index contributed by atoms with van der Waals surface area (Å²) in [5, 5.41) is 13.4. The third-order valence-corrected chi connectivity index (χ3v) is 6.22. The van der Waals surface area contributed by atoms with Crippen LogP contribution in [-0.4, -0.2) is 32.3 Å². The third-order valence-electron chi connectivity index (χ3n) is 5.18. The Kier molecular flexibility index (Phi) is 5.53. The molecule has 1 amide bonds. The number of pyridine rings is 1. The summed E-state index contributed by atoms with van der Waals surface area (Å²) >= 11 is 1.43. The molecule has 148 valence electrons. The van der Waals surface area contributed by atoms with E-state index in [1.807, 2.05) is 47.7 Å². The first kappa shape index (κ1) is 19.5. The Morgan fingerprint density at radius 1 is 1.07 bits per heavy atom. The largest absolute Gasteiger partial charge is 0.355 e. The smallest absolute Gasteiger partial charge is 0.233 e. The Morgan fingerprint density at radius 2 is 1.79 bits per heavy atom. The van der Waals surface area contributed by atoms with Crippen molar-refractivity contribution in [3.05, 3.63) is 71.8 Å². The average molecular weight is 405 g/mol. The van der Waals surface area contributed by atoms with Gasteiger partial charge in [0.05, 0.1) is 10.8 Å². The van der Waals surface area contributed by atoms with Gasteiger partial charge in [-0.1, -0.05) is 67.2 Å². The highest BCUT2D eigenvalue weighted by molar-refractivity contribution is 8.00. The Balaban J connectivity index is 1.49. The van der Waals surface area contributed by atoms with E-state index in [0.717, 1.165) is 27.3 Å².